The van der Waals surface area contributed by atoms with Crippen molar-refractivity contribution in [3.05, 3.63) is 0 Å². The van der Waals surface area contributed by atoms with Gasteiger partial charge in [0.15, 0.2) is 0 Å². The molecule has 1 N–H and O–H groups in total. The van der Waals surface area contributed by atoms with Gasteiger partial charge in [-0.05, 0) is 46.8 Å². The highest BCUT2D eigenvalue weighted by atomic mass is 15.1. The highest BCUT2D eigenvalue weighted by Gasteiger charge is 2.11. The predicted octanol–water partition coefficient (Wildman–Crippen LogP) is 1.96. The van der Waals surface area contributed by atoms with Crippen LogP contribution in [0.2, 0.25) is 0 Å². The Labute approximate surface area is 83.7 Å². The number of nitrogens with zero attached hydrogens (tertiary/aromatic N) is 1. The zero-order valence-corrected chi connectivity index (χ0v) is 10.1. The standard InChI is InChI=1S/C11H26N2/c1-7-13(6)9-10(2)8-12-11(3,4)5/h10,12H,7-9H2,1-6H3. The van der Waals surface area contributed by atoms with Crippen molar-refractivity contribution in [3.63, 3.8) is 0 Å². The lowest BCUT2D eigenvalue weighted by Crippen LogP contribution is -2.40. The number of nitrogens with one attached hydrogen (secondary N) is 1. The summed E-state index contributed by atoms with van der Waals surface area (Å²) in [5.74, 6) is 0.726. The Morgan fingerprint density at radius 1 is 1.31 bits per heavy atom. The molecule has 0 aromatic heterocycles. The predicted molar refractivity (Wildman–Crippen MR) is 60.1 cm³/mol. The van der Waals surface area contributed by atoms with Gasteiger partial charge in [-0.15, -0.1) is 0 Å². The SMILES string of the molecule is CCN(C)CC(C)CNC(C)(C)C. The van der Waals surface area contributed by atoms with Crippen LogP contribution in [-0.4, -0.2) is 37.1 Å². The van der Waals surface area contributed by atoms with Gasteiger partial charge in [0, 0.05) is 12.1 Å². The summed E-state index contributed by atoms with van der Waals surface area (Å²) in [7, 11) is 2.17. The second kappa shape index (κ2) is 5.61. The second-order valence-corrected chi connectivity index (χ2v) is 5.09. The van der Waals surface area contributed by atoms with E-state index in [-0.39, 0.29) is 5.54 Å². The van der Waals surface area contributed by atoms with E-state index in [1.165, 1.54) is 6.54 Å². The summed E-state index contributed by atoms with van der Waals surface area (Å²) < 4.78 is 0. The average Bonchev–Trinajstić information content (AvgIpc) is 1.99. The maximum atomic E-state index is 3.52. The van der Waals surface area contributed by atoms with Gasteiger partial charge >= 0.3 is 0 Å². The highest BCUT2D eigenvalue weighted by Crippen LogP contribution is 2.02. The van der Waals surface area contributed by atoms with E-state index in [0.29, 0.717) is 0 Å². The van der Waals surface area contributed by atoms with E-state index in [9.17, 15) is 0 Å². The molecule has 0 saturated carbocycles. The van der Waals surface area contributed by atoms with Crippen LogP contribution in [0, 0.1) is 5.92 Å². The van der Waals surface area contributed by atoms with E-state index in [1.54, 1.807) is 0 Å². The fraction of sp³-hybridized carbons (Fsp3) is 1.00. The Bertz CT molecular complexity index is 127. The third-order valence-corrected chi connectivity index (χ3v) is 2.14. The molecule has 0 radical (unpaired) electrons. The van der Waals surface area contributed by atoms with Crippen LogP contribution < -0.4 is 5.32 Å². The third kappa shape index (κ3) is 8.26. The van der Waals surface area contributed by atoms with Gasteiger partial charge in [-0.2, -0.15) is 0 Å². The molecule has 0 spiro atoms. The van der Waals surface area contributed by atoms with Gasteiger partial charge in [0.1, 0.15) is 0 Å². The molecule has 0 rings (SSSR count). The van der Waals surface area contributed by atoms with Crippen molar-refractivity contribution < 1.29 is 0 Å². The van der Waals surface area contributed by atoms with Crippen molar-refractivity contribution in [3.8, 4) is 0 Å². The zero-order valence-electron chi connectivity index (χ0n) is 10.1. The molecular weight excluding hydrogens is 160 g/mol. The van der Waals surface area contributed by atoms with Gasteiger partial charge in [0.05, 0.1) is 0 Å². The van der Waals surface area contributed by atoms with E-state index in [2.05, 4.69) is 51.9 Å². The van der Waals surface area contributed by atoms with Gasteiger partial charge in [0.2, 0.25) is 0 Å². The van der Waals surface area contributed by atoms with Crippen LogP contribution in [0.1, 0.15) is 34.6 Å². The van der Waals surface area contributed by atoms with E-state index in [1.807, 2.05) is 0 Å². The van der Waals surface area contributed by atoms with Crippen LogP contribution in [-0.2, 0) is 0 Å². The normalized spacial score (nSPS) is 15.0. The number of hydrogen-bond acceptors (Lipinski definition) is 2. The van der Waals surface area contributed by atoms with Crippen LogP contribution in [0.5, 0.6) is 0 Å². The van der Waals surface area contributed by atoms with Gasteiger partial charge in [-0.1, -0.05) is 13.8 Å². The largest absolute Gasteiger partial charge is 0.312 e. The van der Waals surface area contributed by atoms with E-state index >= 15 is 0 Å². The number of rotatable bonds is 5. The smallest absolute Gasteiger partial charge is 0.00966 e. The summed E-state index contributed by atoms with van der Waals surface area (Å²) in [5, 5.41) is 3.52. The molecule has 0 aliphatic rings. The van der Waals surface area contributed by atoms with Crippen LogP contribution in [0.3, 0.4) is 0 Å². The van der Waals surface area contributed by atoms with Crippen LogP contribution in [0.4, 0.5) is 0 Å². The third-order valence-electron chi connectivity index (χ3n) is 2.14. The van der Waals surface area contributed by atoms with Gasteiger partial charge in [-0.3, -0.25) is 0 Å². The molecule has 0 amide bonds. The number of hydrogen-bond donors (Lipinski definition) is 1. The molecule has 80 valence electrons. The maximum Gasteiger partial charge on any atom is 0.00966 e. The van der Waals surface area contributed by atoms with Crippen LogP contribution in [0.25, 0.3) is 0 Å². The van der Waals surface area contributed by atoms with Gasteiger partial charge in [-0.25, -0.2) is 0 Å². The minimum atomic E-state index is 0.249. The van der Waals surface area contributed by atoms with Crippen LogP contribution >= 0.6 is 0 Å². The Kier molecular flexibility index (Phi) is 5.57. The minimum Gasteiger partial charge on any atom is -0.312 e. The molecule has 0 aromatic rings. The second-order valence-electron chi connectivity index (χ2n) is 5.09. The maximum absolute atomic E-state index is 3.52. The molecule has 0 bridgehead atoms. The van der Waals surface area contributed by atoms with Gasteiger partial charge in [0.25, 0.3) is 0 Å². The monoisotopic (exact) mass is 186 g/mol. The average molecular weight is 186 g/mol. The van der Waals surface area contributed by atoms with Crippen molar-refractivity contribution in [2.75, 3.05) is 26.7 Å². The quantitative estimate of drug-likeness (QED) is 0.706. The molecule has 1 unspecified atom stereocenters. The molecule has 0 fully saturated rings. The lowest BCUT2D eigenvalue weighted by molar-refractivity contribution is 0.278. The van der Waals surface area contributed by atoms with Crippen molar-refractivity contribution in [1.29, 1.82) is 0 Å². The van der Waals surface area contributed by atoms with E-state index in [0.717, 1.165) is 19.0 Å². The molecule has 0 saturated heterocycles. The minimum absolute atomic E-state index is 0.249. The fourth-order valence-electron chi connectivity index (χ4n) is 1.21. The first-order valence-corrected chi connectivity index (χ1v) is 5.28. The molecular formula is C11H26N2. The summed E-state index contributed by atoms with van der Waals surface area (Å²) in [6, 6.07) is 0. The molecule has 0 aliphatic heterocycles. The Balaban J connectivity index is 3.57. The molecule has 0 aliphatic carbocycles. The summed E-state index contributed by atoms with van der Waals surface area (Å²) in [5.41, 5.74) is 0.249. The molecule has 0 aromatic carbocycles. The van der Waals surface area contributed by atoms with Crippen LogP contribution in [0.15, 0.2) is 0 Å². The molecule has 1 atom stereocenters. The Hall–Kier alpha value is -0.0800. The lowest BCUT2D eigenvalue weighted by atomic mass is 10.1. The first kappa shape index (κ1) is 12.9. The Morgan fingerprint density at radius 2 is 1.85 bits per heavy atom. The fourth-order valence-corrected chi connectivity index (χ4v) is 1.21. The first-order valence-electron chi connectivity index (χ1n) is 5.28. The lowest BCUT2D eigenvalue weighted by Gasteiger charge is -2.25. The van der Waals surface area contributed by atoms with Crippen molar-refractivity contribution in [1.82, 2.24) is 10.2 Å². The summed E-state index contributed by atoms with van der Waals surface area (Å²) in [6.45, 7) is 14.6. The first-order chi connectivity index (χ1) is 5.85. The molecule has 0 heterocycles. The summed E-state index contributed by atoms with van der Waals surface area (Å²) in [4.78, 5) is 2.36. The highest BCUT2D eigenvalue weighted by molar-refractivity contribution is 4.72. The summed E-state index contributed by atoms with van der Waals surface area (Å²) >= 11 is 0. The zero-order chi connectivity index (χ0) is 10.5. The van der Waals surface area contributed by atoms with Crippen molar-refractivity contribution in [2.45, 2.75) is 40.2 Å². The molecule has 2 heteroatoms. The summed E-state index contributed by atoms with van der Waals surface area (Å²) in [6.07, 6.45) is 0. The Morgan fingerprint density at radius 3 is 2.23 bits per heavy atom. The van der Waals surface area contributed by atoms with Crippen molar-refractivity contribution >= 4 is 0 Å². The topological polar surface area (TPSA) is 15.3 Å². The van der Waals surface area contributed by atoms with Gasteiger partial charge < -0.3 is 10.2 Å². The van der Waals surface area contributed by atoms with E-state index < -0.39 is 0 Å². The molecule has 13 heavy (non-hydrogen) atoms. The van der Waals surface area contributed by atoms with Crippen molar-refractivity contribution in [2.24, 2.45) is 5.92 Å². The molecule has 2 nitrogen and oxygen atoms in total. The van der Waals surface area contributed by atoms with E-state index in [4.69, 9.17) is 0 Å².